The van der Waals surface area contributed by atoms with Crippen LogP contribution in [0, 0.1) is 11.8 Å². The smallest absolute Gasteiger partial charge is 0.00979 e. The molecule has 2 rings (SSSR count). The van der Waals surface area contributed by atoms with Crippen molar-refractivity contribution in [2.45, 2.75) is 77.4 Å². The number of rotatable bonds is 5. The van der Waals surface area contributed by atoms with Gasteiger partial charge >= 0.3 is 0 Å². The molecule has 5 atom stereocenters. The van der Waals surface area contributed by atoms with Crippen LogP contribution < -0.4 is 10.6 Å². The molecule has 0 spiro atoms. The van der Waals surface area contributed by atoms with E-state index in [0.717, 1.165) is 23.9 Å². The second-order valence-corrected chi connectivity index (χ2v) is 6.31. The van der Waals surface area contributed by atoms with Gasteiger partial charge < -0.3 is 10.6 Å². The topological polar surface area (TPSA) is 24.1 Å². The molecule has 100 valence electrons. The van der Waals surface area contributed by atoms with Gasteiger partial charge in [0.25, 0.3) is 0 Å². The molecule has 0 radical (unpaired) electrons. The second kappa shape index (κ2) is 6.19. The standard InChI is InChI=1S/C15H30N2/c1-4-13-7-8-15(12(13)3)17-11(2)10-14-6-5-9-16-14/h11-17H,4-10H2,1-3H3. The molecule has 1 saturated heterocycles. The zero-order chi connectivity index (χ0) is 12.3. The number of hydrogen-bond acceptors (Lipinski definition) is 2. The van der Waals surface area contributed by atoms with Crippen molar-refractivity contribution in [3.8, 4) is 0 Å². The highest BCUT2D eigenvalue weighted by Crippen LogP contribution is 2.34. The Bertz CT molecular complexity index is 223. The lowest BCUT2D eigenvalue weighted by molar-refractivity contribution is 0.311. The molecule has 0 amide bonds. The predicted octanol–water partition coefficient (Wildman–Crippen LogP) is 2.93. The second-order valence-electron chi connectivity index (χ2n) is 6.31. The van der Waals surface area contributed by atoms with Gasteiger partial charge in [0, 0.05) is 18.1 Å². The highest BCUT2D eigenvalue weighted by molar-refractivity contribution is 4.89. The van der Waals surface area contributed by atoms with Crippen molar-refractivity contribution >= 4 is 0 Å². The van der Waals surface area contributed by atoms with Crippen molar-refractivity contribution < 1.29 is 0 Å². The maximum Gasteiger partial charge on any atom is 0.00979 e. The fourth-order valence-electron chi connectivity index (χ4n) is 3.88. The van der Waals surface area contributed by atoms with E-state index in [2.05, 4.69) is 31.4 Å². The van der Waals surface area contributed by atoms with Crippen LogP contribution in [0.2, 0.25) is 0 Å². The highest BCUT2D eigenvalue weighted by atomic mass is 15.0. The Morgan fingerprint density at radius 3 is 2.71 bits per heavy atom. The minimum Gasteiger partial charge on any atom is -0.314 e. The Labute approximate surface area is 107 Å². The van der Waals surface area contributed by atoms with E-state index in [0.29, 0.717) is 6.04 Å². The highest BCUT2D eigenvalue weighted by Gasteiger charge is 2.32. The number of nitrogens with one attached hydrogen (secondary N) is 2. The summed E-state index contributed by atoms with van der Waals surface area (Å²) in [6, 6.07) is 2.22. The van der Waals surface area contributed by atoms with Crippen LogP contribution in [0.3, 0.4) is 0 Å². The van der Waals surface area contributed by atoms with Gasteiger partial charge in [-0.25, -0.2) is 0 Å². The van der Waals surface area contributed by atoms with Crippen molar-refractivity contribution in [3.05, 3.63) is 0 Å². The molecular weight excluding hydrogens is 208 g/mol. The van der Waals surface area contributed by atoms with E-state index in [1.54, 1.807) is 0 Å². The monoisotopic (exact) mass is 238 g/mol. The average molecular weight is 238 g/mol. The Balaban J connectivity index is 1.72. The zero-order valence-corrected chi connectivity index (χ0v) is 11.8. The molecule has 1 aliphatic heterocycles. The molecule has 1 aliphatic carbocycles. The van der Waals surface area contributed by atoms with Gasteiger partial charge in [-0.05, 0) is 57.4 Å². The quantitative estimate of drug-likeness (QED) is 0.769. The molecule has 2 aliphatic rings. The van der Waals surface area contributed by atoms with E-state index < -0.39 is 0 Å². The van der Waals surface area contributed by atoms with Crippen LogP contribution in [-0.2, 0) is 0 Å². The third-order valence-corrected chi connectivity index (χ3v) is 5.05. The lowest BCUT2D eigenvalue weighted by atomic mass is 9.93. The van der Waals surface area contributed by atoms with E-state index in [1.165, 1.54) is 45.1 Å². The molecule has 5 unspecified atom stereocenters. The van der Waals surface area contributed by atoms with Crippen LogP contribution in [0.25, 0.3) is 0 Å². The van der Waals surface area contributed by atoms with Gasteiger partial charge in [-0.3, -0.25) is 0 Å². The molecular formula is C15H30N2. The summed E-state index contributed by atoms with van der Waals surface area (Å²) < 4.78 is 0. The molecule has 1 saturated carbocycles. The van der Waals surface area contributed by atoms with Crippen LogP contribution in [0.1, 0.15) is 59.3 Å². The molecule has 0 aromatic carbocycles. The molecule has 2 N–H and O–H groups in total. The lowest BCUT2D eigenvalue weighted by Crippen LogP contribution is -2.41. The van der Waals surface area contributed by atoms with Gasteiger partial charge in [-0.2, -0.15) is 0 Å². The van der Waals surface area contributed by atoms with Gasteiger partial charge in [0.05, 0.1) is 0 Å². The van der Waals surface area contributed by atoms with Crippen molar-refractivity contribution in [2.24, 2.45) is 11.8 Å². The summed E-state index contributed by atoms with van der Waals surface area (Å²) in [6.45, 7) is 8.38. The van der Waals surface area contributed by atoms with E-state index in [1.807, 2.05) is 0 Å². The SMILES string of the molecule is CCC1CCC(NC(C)CC2CCCN2)C1C. The lowest BCUT2D eigenvalue weighted by Gasteiger charge is -2.26. The summed E-state index contributed by atoms with van der Waals surface area (Å²) in [5.41, 5.74) is 0. The molecule has 2 fully saturated rings. The average Bonchev–Trinajstić information content (AvgIpc) is 2.90. The minimum absolute atomic E-state index is 0.675. The van der Waals surface area contributed by atoms with Gasteiger partial charge in [-0.1, -0.05) is 20.3 Å². The Morgan fingerprint density at radius 2 is 2.12 bits per heavy atom. The molecule has 1 heterocycles. The summed E-state index contributed by atoms with van der Waals surface area (Å²) >= 11 is 0. The summed E-state index contributed by atoms with van der Waals surface area (Å²) in [5, 5.41) is 7.48. The third-order valence-electron chi connectivity index (χ3n) is 5.05. The van der Waals surface area contributed by atoms with Crippen molar-refractivity contribution in [3.63, 3.8) is 0 Å². The third kappa shape index (κ3) is 3.45. The number of hydrogen-bond donors (Lipinski definition) is 2. The predicted molar refractivity (Wildman–Crippen MR) is 74.2 cm³/mol. The fraction of sp³-hybridized carbons (Fsp3) is 1.00. The van der Waals surface area contributed by atoms with Crippen LogP contribution in [0.15, 0.2) is 0 Å². The van der Waals surface area contributed by atoms with E-state index in [4.69, 9.17) is 0 Å². The van der Waals surface area contributed by atoms with Gasteiger partial charge in [-0.15, -0.1) is 0 Å². The first kappa shape index (κ1) is 13.4. The maximum atomic E-state index is 3.88. The zero-order valence-electron chi connectivity index (χ0n) is 11.8. The summed E-state index contributed by atoms with van der Waals surface area (Å²) in [4.78, 5) is 0. The van der Waals surface area contributed by atoms with E-state index in [-0.39, 0.29) is 0 Å². The van der Waals surface area contributed by atoms with Crippen molar-refractivity contribution in [2.75, 3.05) is 6.54 Å². The van der Waals surface area contributed by atoms with Crippen LogP contribution >= 0.6 is 0 Å². The molecule has 17 heavy (non-hydrogen) atoms. The summed E-state index contributed by atoms with van der Waals surface area (Å²) in [5.74, 6) is 1.84. The van der Waals surface area contributed by atoms with Crippen LogP contribution in [0.5, 0.6) is 0 Å². The maximum absolute atomic E-state index is 3.88. The minimum atomic E-state index is 0.675. The Hall–Kier alpha value is -0.0800. The largest absolute Gasteiger partial charge is 0.314 e. The molecule has 0 aromatic rings. The Kier molecular flexibility index (Phi) is 4.87. The molecule has 0 bridgehead atoms. The van der Waals surface area contributed by atoms with E-state index in [9.17, 15) is 0 Å². The van der Waals surface area contributed by atoms with Gasteiger partial charge in [0.2, 0.25) is 0 Å². The molecule has 2 nitrogen and oxygen atoms in total. The van der Waals surface area contributed by atoms with Gasteiger partial charge in [0.1, 0.15) is 0 Å². The van der Waals surface area contributed by atoms with Crippen LogP contribution in [0.4, 0.5) is 0 Å². The first-order valence-corrected chi connectivity index (χ1v) is 7.70. The van der Waals surface area contributed by atoms with Crippen LogP contribution in [-0.4, -0.2) is 24.7 Å². The summed E-state index contributed by atoms with van der Waals surface area (Å²) in [6.07, 6.45) is 8.24. The van der Waals surface area contributed by atoms with Gasteiger partial charge in [0.15, 0.2) is 0 Å². The van der Waals surface area contributed by atoms with Crippen molar-refractivity contribution in [1.82, 2.24) is 10.6 Å². The molecule has 0 aromatic heterocycles. The summed E-state index contributed by atoms with van der Waals surface area (Å²) in [7, 11) is 0. The first-order chi connectivity index (χ1) is 8.20. The van der Waals surface area contributed by atoms with E-state index >= 15 is 0 Å². The van der Waals surface area contributed by atoms with Crippen molar-refractivity contribution in [1.29, 1.82) is 0 Å². The Morgan fingerprint density at radius 1 is 1.29 bits per heavy atom. The fourth-order valence-corrected chi connectivity index (χ4v) is 3.88. The normalized spacial score (nSPS) is 39.7. The molecule has 2 heteroatoms. The first-order valence-electron chi connectivity index (χ1n) is 7.70.